The molecule has 1 heterocycles. The van der Waals surface area contributed by atoms with Gasteiger partial charge in [-0.2, -0.15) is 0 Å². The van der Waals surface area contributed by atoms with Gasteiger partial charge in [-0.3, -0.25) is 14.4 Å². The van der Waals surface area contributed by atoms with Crippen molar-refractivity contribution < 1.29 is 23.9 Å². The monoisotopic (exact) mass is 425 g/mol. The fourth-order valence-corrected chi connectivity index (χ4v) is 3.56. The Bertz CT molecular complexity index is 958. The summed E-state index contributed by atoms with van der Waals surface area (Å²) in [4.78, 5) is 38.3. The van der Waals surface area contributed by atoms with Crippen LogP contribution in [0.4, 0.5) is 5.69 Å². The van der Waals surface area contributed by atoms with Gasteiger partial charge in [0.05, 0.1) is 20.1 Å². The molecule has 0 unspecified atom stereocenters. The van der Waals surface area contributed by atoms with Crippen LogP contribution in [-0.2, 0) is 16.0 Å². The Balaban J connectivity index is 1.54. The minimum Gasteiger partial charge on any atom is -0.493 e. The number of anilines is 1. The van der Waals surface area contributed by atoms with Crippen LogP contribution in [0.25, 0.3) is 0 Å². The van der Waals surface area contributed by atoms with Gasteiger partial charge in [0.2, 0.25) is 11.8 Å². The quantitative estimate of drug-likeness (QED) is 0.675. The van der Waals surface area contributed by atoms with Crippen LogP contribution in [0.3, 0.4) is 0 Å². The van der Waals surface area contributed by atoms with E-state index in [1.807, 2.05) is 18.2 Å². The fraction of sp³-hybridized carbons (Fsp3) is 0.348. The molecule has 31 heavy (non-hydrogen) atoms. The largest absolute Gasteiger partial charge is 0.493 e. The van der Waals surface area contributed by atoms with E-state index in [0.29, 0.717) is 42.3 Å². The van der Waals surface area contributed by atoms with E-state index < -0.39 is 5.92 Å². The molecule has 0 radical (unpaired) electrons. The average molecular weight is 425 g/mol. The third kappa shape index (κ3) is 5.33. The van der Waals surface area contributed by atoms with Crippen molar-refractivity contribution >= 4 is 23.4 Å². The van der Waals surface area contributed by atoms with Crippen molar-refractivity contribution in [3.63, 3.8) is 0 Å². The zero-order valence-electron chi connectivity index (χ0n) is 17.9. The number of likely N-dealkylation sites (tertiary alicyclic amines) is 1. The number of carbonyl (C=O) groups is 3. The highest BCUT2D eigenvalue weighted by Gasteiger charge is 2.34. The minimum atomic E-state index is -0.406. The van der Waals surface area contributed by atoms with E-state index >= 15 is 0 Å². The van der Waals surface area contributed by atoms with Crippen LogP contribution in [0.15, 0.2) is 42.5 Å². The molecule has 8 nitrogen and oxygen atoms in total. The third-order valence-electron chi connectivity index (χ3n) is 5.35. The van der Waals surface area contributed by atoms with Crippen molar-refractivity contribution in [2.45, 2.75) is 12.8 Å². The molecule has 0 spiro atoms. The molecule has 2 N–H and O–H groups in total. The molecule has 0 saturated carbocycles. The summed E-state index contributed by atoms with van der Waals surface area (Å²) in [5.41, 5.74) is 2.13. The van der Waals surface area contributed by atoms with Crippen LogP contribution in [-0.4, -0.2) is 57.0 Å². The smallest absolute Gasteiger partial charge is 0.251 e. The first-order valence-electron chi connectivity index (χ1n) is 10.1. The van der Waals surface area contributed by atoms with Crippen LogP contribution >= 0.6 is 0 Å². The maximum Gasteiger partial charge on any atom is 0.251 e. The number of amides is 3. The number of ether oxygens (including phenoxy) is 2. The second kappa shape index (κ2) is 9.97. The molecule has 0 aromatic heterocycles. The van der Waals surface area contributed by atoms with Gasteiger partial charge in [0.15, 0.2) is 11.5 Å². The van der Waals surface area contributed by atoms with Gasteiger partial charge < -0.3 is 25.0 Å². The van der Waals surface area contributed by atoms with Crippen molar-refractivity contribution in [2.24, 2.45) is 5.92 Å². The SMILES string of the molecule is CNC(=O)c1ccc(NC(=O)[C@H]2CC(=O)N(CCc3ccc(OC)c(OC)c3)C2)cc1. The van der Waals surface area contributed by atoms with E-state index in [0.717, 1.165) is 5.56 Å². The lowest BCUT2D eigenvalue weighted by Crippen LogP contribution is -2.30. The van der Waals surface area contributed by atoms with Crippen molar-refractivity contribution in [1.82, 2.24) is 10.2 Å². The summed E-state index contributed by atoms with van der Waals surface area (Å²) in [5.74, 6) is 0.474. The summed E-state index contributed by atoms with van der Waals surface area (Å²) >= 11 is 0. The second-order valence-electron chi connectivity index (χ2n) is 7.33. The summed E-state index contributed by atoms with van der Waals surface area (Å²) < 4.78 is 10.6. The molecule has 164 valence electrons. The van der Waals surface area contributed by atoms with Crippen molar-refractivity contribution in [1.29, 1.82) is 0 Å². The summed E-state index contributed by atoms with van der Waals surface area (Å²) in [6.07, 6.45) is 0.843. The van der Waals surface area contributed by atoms with Crippen LogP contribution < -0.4 is 20.1 Å². The Morgan fingerprint density at radius 1 is 1.06 bits per heavy atom. The van der Waals surface area contributed by atoms with Gasteiger partial charge in [-0.05, 0) is 48.4 Å². The highest BCUT2D eigenvalue weighted by molar-refractivity contribution is 5.98. The molecule has 2 aromatic rings. The Kier molecular flexibility index (Phi) is 7.12. The van der Waals surface area contributed by atoms with E-state index in [2.05, 4.69) is 10.6 Å². The second-order valence-corrected chi connectivity index (χ2v) is 7.33. The normalized spacial score (nSPS) is 15.5. The number of benzene rings is 2. The fourth-order valence-electron chi connectivity index (χ4n) is 3.56. The maximum atomic E-state index is 12.6. The van der Waals surface area contributed by atoms with E-state index in [9.17, 15) is 14.4 Å². The van der Waals surface area contributed by atoms with E-state index in [1.165, 1.54) is 0 Å². The molecule has 0 aliphatic carbocycles. The predicted molar refractivity (Wildman–Crippen MR) is 116 cm³/mol. The number of hydrogen-bond donors (Lipinski definition) is 2. The predicted octanol–water partition coefficient (Wildman–Crippen LogP) is 2.09. The van der Waals surface area contributed by atoms with E-state index in [-0.39, 0.29) is 24.1 Å². The van der Waals surface area contributed by atoms with Crippen LogP contribution in [0, 0.1) is 5.92 Å². The van der Waals surface area contributed by atoms with Gasteiger partial charge >= 0.3 is 0 Å². The number of carbonyl (C=O) groups excluding carboxylic acids is 3. The van der Waals surface area contributed by atoms with Crippen LogP contribution in [0.2, 0.25) is 0 Å². The zero-order valence-corrected chi connectivity index (χ0v) is 17.9. The van der Waals surface area contributed by atoms with Gasteiger partial charge in [-0.1, -0.05) is 6.07 Å². The summed E-state index contributed by atoms with van der Waals surface area (Å²) in [7, 11) is 4.73. The van der Waals surface area contributed by atoms with Gasteiger partial charge in [0.25, 0.3) is 5.91 Å². The first kappa shape index (κ1) is 22.1. The van der Waals surface area contributed by atoms with Crippen LogP contribution in [0.5, 0.6) is 11.5 Å². The number of methoxy groups -OCH3 is 2. The van der Waals surface area contributed by atoms with E-state index in [1.54, 1.807) is 50.4 Å². The Labute approximate surface area is 181 Å². The Hall–Kier alpha value is -3.55. The molecule has 3 amide bonds. The standard InChI is InChI=1S/C23H27N3O5/c1-24-22(28)16-5-7-18(8-6-16)25-23(29)17-13-21(27)26(14-17)11-10-15-4-9-19(30-2)20(12-15)31-3/h4-9,12,17H,10-11,13-14H2,1-3H3,(H,24,28)(H,25,29)/t17-/m0/s1. The molecule has 3 rings (SSSR count). The van der Waals surface area contributed by atoms with Gasteiger partial charge in [-0.25, -0.2) is 0 Å². The zero-order chi connectivity index (χ0) is 22.4. The lowest BCUT2D eigenvalue weighted by molar-refractivity contribution is -0.128. The van der Waals surface area contributed by atoms with Crippen molar-refractivity contribution in [2.75, 3.05) is 39.7 Å². The van der Waals surface area contributed by atoms with Crippen molar-refractivity contribution in [3.8, 4) is 11.5 Å². The molecule has 1 fully saturated rings. The minimum absolute atomic E-state index is 0.0319. The number of nitrogens with zero attached hydrogens (tertiary/aromatic N) is 1. The summed E-state index contributed by atoms with van der Waals surface area (Å²) in [5, 5.41) is 5.38. The molecule has 8 heteroatoms. The molecular formula is C23H27N3O5. The molecule has 0 bridgehead atoms. The van der Waals surface area contributed by atoms with Crippen LogP contribution in [0.1, 0.15) is 22.3 Å². The average Bonchev–Trinajstić information content (AvgIpc) is 3.18. The summed E-state index contributed by atoms with van der Waals surface area (Å²) in [6.45, 7) is 0.910. The lowest BCUT2D eigenvalue weighted by Gasteiger charge is -2.17. The first-order chi connectivity index (χ1) is 14.9. The molecule has 1 saturated heterocycles. The molecule has 2 aromatic carbocycles. The maximum absolute atomic E-state index is 12.6. The topological polar surface area (TPSA) is 97.0 Å². The van der Waals surface area contributed by atoms with E-state index in [4.69, 9.17) is 9.47 Å². The van der Waals surface area contributed by atoms with Gasteiger partial charge in [-0.15, -0.1) is 0 Å². The number of hydrogen-bond acceptors (Lipinski definition) is 5. The number of rotatable bonds is 8. The first-order valence-corrected chi connectivity index (χ1v) is 10.1. The van der Waals surface area contributed by atoms with Gasteiger partial charge in [0, 0.05) is 37.8 Å². The molecular weight excluding hydrogens is 398 g/mol. The van der Waals surface area contributed by atoms with Crippen molar-refractivity contribution in [3.05, 3.63) is 53.6 Å². The lowest BCUT2D eigenvalue weighted by atomic mass is 10.1. The Morgan fingerprint density at radius 3 is 2.42 bits per heavy atom. The number of nitrogens with one attached hydrogen (secondary N) is 2. The highest BCUT2D eigenvalue weighted by Crippen LogP contribution is 2.28. The molecule has 1 aliphatic heterocycles. The molecule has 1 atom stereocenters. The third-order valence-corrected chi connectivity index (χ3v) is 5.35. The van der Waals surface area contributed by atoms with Gasteiger partial charge in [0.1, 0.15) is 0 Å². The highest BCUT2D eigenvalue weighted by atomic mass is 16.5. The molecule has 1 aliphatic rings. The Morgan fingerprint density at radius 2 is 1.77 bits per heavy atom. The summed E-state index contributed by atoms with van der Waals surface area (Å²) in [6, 6.07) is 12.3.